The summed E-state index contributed by atoms with van der Waals surface area (Å²) in [6.07, 6.45) is 5.09. The molecule has 1 aliphatic heterocycles. The molecule has 1 amide bonds. The normalized spacial score (nSPS) is 15.2. The van der Waals surface area contributed by atoms with Crippen LogP contribution in [0.4, 0.5) is 0 Å². The van der Waals surface area contributed by atoms with Crippen LogP contribution in [-0.4, -0.2) is 43.0 Å². The topological polar surface area (TPSA) is 93.0 Å². The maximum absolute atomic E-state index is 12.5. The summed E-state index contributed by atoms with van der Waals surface area (Å²) in [4.78, 5) is 43.9. The van der Waals surface area contributed by atoms with Crippen molar-refractivity contribution < 1.29 is 4.79 Å². The maximum atomic E-state index is 12.5. The molecule has 1 aliphatic rings. The third-order valence-corrected chi connectivity index (χ3v) is 5.86. The number of benzene rings is 1. The number of aryl methyl sites for hydroxylation is 2. The molecule has 0 bridgehead atoms. The van der Waals surface area contributed by atoms with Crippen molar-refractivity contribution >= 4 is 16.9 Å². The average Bonchev–Trinajstić information content (AvgIpc) is 3.06. The van der Waals surface area contributed by atoms with E-state index in [1.165, 1.54) is 28.0 Å². The van der Waals surface area contributed by atoms with Crippen LogP contribution in [0, 0.1) is 19.8 Å². The number of nitrogens with one attached hydrogen (secondary N) is 1. The van der Waals surface area contributed by atoms with Crippen molar-refractivity contribution in [3.05, 3.63) is 62.7 Å². The summed E-state index contributed by atoms with van der Waals surface area (Å²) in [7, 11) is 0. The van der Waals surface area contributed by atoms with E-state index in [-0.39, 0.29) is 12.5 Å². The molecule has 2 aromatic heterocycles. The standard InChI is InChI=1S/C21H25N5O3/c1-14-9-17-18(10-15(14)2)26(13-22-17)11-16-3-6-24(7-4-16)20(28)12-25-8-5-19(27)23-21(25)29/h5,8-10,13,16H,3-4,6-7,11-12H2,1-2H3,(H,23,27,29). The highest BCUT2D eigenvalue weighted by Crippen LogP contribution is 2.23. The van der Waals surface area contributed by atoms with Gasteiger partial charge >= 0.3 is 5.69 Å². The number of rotatable bonds is 4. The predicted molar refractivity (Wildman–Crippen MR) is 110 cm³/mol. The number of piperidine rings is 1. The van der Waals surface area contributed by atoms with E-state index in [1.54, 1.807) is 4.90 Å². The maximum Gasteiger partial charge on any atom is 0.328 e. The first kappa shape index (κ1) is 19.2. The van der Waals surface area contributed by atoms with E-state index in [4.69, 9.17) is 0 Å². The second-order valence-corrected chi connectivity index (χ2v) is 7.88. The van der Waals surface area contributed by atoms with Crippen LogP contribution in [0.2, 0.25) is 0 Å². The Labute approximate surface area is 167 Å². The number of hydrogen-bond acceptors (Lipinski definition) is 4. The highest BCUT2D eigenvalue weighted by atomic mass is 16.2. The molecule has 0 atom stereocenters. The number of imidazole rings is 1. The summed E-state index contributed by atoms with van der Waals surface area (Å²) >= 11 is 0. The fourth-order valence-corrected chi connectivity index (χ4v) is 3.92. The largest absolute Gasteiger partial charge is 0.341 e. The number of hydrogen-bond donors (Lipinski definition) is 1. The minimum absolute atomic E-state index is 0.0505. The van der Waals surface area contributed by atoms with Gasteiger partial charge in [0.05, 0.1) is 17.4 Å². The Morgan fingerprint density at radius 2 is 1.86 bits per heavy atom. The molecule has 0 spiro atoms. The lowest BCUT2D eigenvalue weighted by Crippen LogP contribution is -2.42. The van der Waals surface area contributed by atoms with Crippen LogP contribution in [0.3, 0.4) is 0 Å². The SMILES string of the molecule is Cc1cc2ncn(CC3CCN(C(=O)Cn4ccc(=O)[nH]c4=O)CC3)c2cc1C. The summed E-state index contributed by atoms with van der Waals surface area (Å²) in [5, 5.41) is 0. The van der Waals surface area contributed by atoms with E-state index in [1.807, 2.05) is 6.33 Å². The third-order valence-electron chi connectivity index (χ3n) is 5.86. The van der Waals surface area contributed by atoms with Crippen LogP contribution in [0.5, 0.6) is 0 Å². The van der Waals surface area contributed by atoms with E-state index >= 15 is 0 Å². The molecule has 1 saturated heterocycles. The first-order chi connectivity index (χ1) is 13.9. The quantitative estimate of drug-likeness (QED) is 0.723. The highest BCUT2D eigenvalue weighted by molar-refractivity contribution is 5.77. The summed E-state index contributed by atoms with van der Waals surface area (Å²) in [6.45, 7) is 6.40. The second kappa shape index (κ2) is 7.69. The van der Waals surface area contributed by atoms with Crippen molar-refractivity contribution in [2.75, 3.05) is 13.1 Å². The molecule has 8 nitrogen and oxygen atoms in total. The number of fused-ring (bicyclic) bond motifs is 1. The monoisotopic (exact) mass is 395 g/mol. The molecule has 0 unspecified atom stereocenters. The first-order valence-corrected chi connectivity index (χ1v) is 9.90. The number of aromatic nitrogens is 4. The van der Waals surface area contributed by atoms with Crippen LogP contribution in [0.15, 0.2) is 40.3 Å². The zero-order valence-electron chi connectivity index (χ0n) is 16.7. The molecule has 29 heavy (non-hydrogen) atoms. The molecule has 1 fully saturated rings. The number of likely N-dealkylation sites (tertiary alicyclic amines) is 1. The van der Waals surface area contributed by atoms with Crippen LogP contribution in [0.1, 0.15) is 24.0 Å². The molecular formula is C21H25N5O3. The van der Waals surface area contributed by atoms with Gasteiger partial charge in [0.1, 0.15) is 6.54 Å². The first-order valence-electron chi connectivity index (χ1n) is 9.90. The van der Waals surface area contributed by atoms with Crippen molar-refractivity contribution in [3.63, 3.8) is 0 Å². The Bertz CT molecular complexity index is 1170. The van der Waals surface area contributed by atoms with Gasteiger partial charge in [0.2, 0.25) is 5.91 Å². The molecule has 3 aromatic rings. The Morgan fingerprint density at radius 1 is 1.14 bits per heavy atom. The van der Waals surface area contributed by atoms with Gasteiger partial charge in [0.15, 0.2) is 0 Å². The number of nitrogens with zero attached hydrogens (tertiary/aromatic N) is 4. The smallest absolute Gasteiger partial charge is 0.328 e. The molecule has 1 aromatic carbocycles. The molecule has 0 saturated carbocycles. The molecule has 152 valence electrons. The highest BCUT2D eigenvalue weighted by Gasteiger charge is 2.24. The minimum atomic E-state index is -0.557. The lowest BCUT2D eigenvalue weighted by Gasteiger charge is -2.32. The summed E-state index contributed by atoms with van der Waals surface area (Å²) in [5.74, 6) is 0.380. The molecule has 4 rings (SSSR count). The molecule has 0 radical (unpaired) electrons. The van der Waals surface area contributed by atoms with Gasteiger partial charge < -0.3 is 9.47 Å². The van der Waals surface area contributed by atoms with Crippen molar-refractivity contribution in [3.8, 4) is 0 Å². The molecular weight excluding hydrogens is 370 g/mol. The number of aromatic amines is 1. The van der Waals surface area contributed by atoms with Crippen molar-refractivity contribution in [2.45, 2.75) is 39.8 Å². The van der Waals surface area contributed by atoms with Crippen molar-refractivity contribution in [2.24, 2.45) is 5.92 Å². The third kappa shape index (κ3) is 4.01. The Hall–Kier alpha value is -3.16. The fourth-order valence-electron chi connectivity index (χ4n) is 3.92. The van der Waals surface area contributed by atoms with Crippen LogP contribution in [0.25, 0.3) is 11.0 Å². The fraction of sp³-hybridized carbons (Fsp3) is 0.429. The van der Waals surface area contributed by atoms with E-state index in [9.17, 15) is 14.4 Å². The minimum Gasteiger partial charge on any atom is -0.341 e. The van der Waals surface area contributed by atoms with E-state index in [2.05, 4.69) is 40.5 Å². The van der Waals surface area contributed by atoms with Gasteiger partial charge in [-0.2, -0.15) is 0 Å². The summed E-state index contributed by atoms with van der Waals surface area (Å²) in [5.41, 5.74) is 3.67. The van der Waals surface area contributed by atoms with E-state index < -0.39 is 11.2 Å². The van der Waals surface area contributed by atoms with Gasteiger partial charge in [-0.1, -0.05) is 0 Å². The average molecular weight is 395 g/mol. The number of carbonyl (C=O) groups is 1. The van der Waals surface area contributed by atoms with Crippen LogP contribution >= 0.6 is 0 Å². The van der Waals surface area contributed by atoms with Gasteiger partial charge in [-0.15, -0.1) is 0 Å². The predicted octanol–water partition coefficient (Wildman–Crippen LogP) is 1.44. The Balaban J connectivity index is 1.37. The zero-order chi connectivity index (χ0) is 20.5. The van der Waals surface area contributed by atoms with Crippen LogP contribution in [-0.2, 0) is 17.9 Å². The van der Waals surface area contributed by atoms with Gasteiger partial charge in [0, 0.05) is 31.9 Å². The molecule has 8 heteroatoms. The van der Waals surface area contributed by atoms with Crippen molar-refractivity contribution in [1.82, 2.24) is 24.0 Å². The molecule has 3 heterocycles. The zero-order valence-corrected chi connectivity index (χ0v) is 16.7. The van der Waals surface area contributed by atoms with E-state index in [0.29, 0.717) is 19.0 Å². The van der Waals surface area contributed by atoms with Gasteiger partial charge in [-0.25, -0.2) is 9.78 Å². The second-order valence-electron chi connectivity index (χ2n) is 7.88. The van der Waals surface area contributed by atoms with Gasteiger partial charge in [-0.05, 0) is 55.9 Å². The van der Waals surface area contributed by atoms with Crippen molar-refractivity contribution in [1.29, 1.82) is 0 Å². The van der Waals surface area contributed by atoms with E-state index in [0.717, 1.165) is 30.4 Å². The summed E-state index contributed by atoms with van der Waals surface area (Å²) in [6, 6.07) is 5.57. The number of H-pyrrole nitrogens is 1. The molecule has 0 aliphatic carbocycles. The molecule has 1 N–H and O–H groups in total. The lowest BCUT2D eigenvalue weighted by atomic mass is 9.96. The summed E-state index contributed by atoms with van der Waals surface area (Å²) < 4.78 is 3.45. The lowest BCUT2D eigenvalue weighted by molar-refractivity contribution is -0.133. The van der Waals surface area contributed by atoms with Gasteiger partial charge in [-0.3, -0.25) is 19.1 Å². The van der Waals surface area contributed by atoms with Gasteiger partial charge in [0.25, 0.3) is 5.56 Å². The number of carbonyl (C=O) groups excluding carboxylic acids is 1. The number of amides is 1. The van der Waals surface area contributed by atoms with Crippen LogP contribution < -0.4 is 11.2 Å². The Morgan fingerprint density at radius 3 is 2.59 bits per heavy atom. The Kier molecular flexibility index (Phi) is 5.08.